The molecule has 0 spiro atoms. The van der Waals surface area contributed by atoms with Crippen LogP contribution in [0.25, 0.3) is 5.65 Å². The Balaban J connectivity index is 2.00. The summed E-state index contributed by atoms with van der Waals surface area (Å²) in [6, 6.07) is 4.31. The molecule has 0 aromatic carbocycles. The highest BCUT2D eigenvalue weighted by Gasteiger charge is 2.24. The van der Waals surface area contributed by atoms with E-state index in [4.69, 9.17) is 16.6 Å². The summed E-state index contributed by atoms with van der Waals surface area (Å²) in [5.74, 6) is 0. The van der Waals surface area contributed by atoms with Crippen LogP contribution in [0.3, 0.4) is 0 Å². The van der Waals surface area contributed by atoms with Gasteiger partial charge >= 0.3 is 0 Å². The van der Waals surface area contributed by atoms with Gasteiger partial charge < -0.3 is 4.40 Å². The second-order valence-corrected chi connectivity index (χ2v) is 5.30. The molecule has 3 heterocycles. The van der Waals surface area contributed by atoms with Crippen LogP contribution in [0.5, 0.6) is 0 Å². The van der Waals surface area contributed by atoms with Crippen LogP contribution in [-0.2, 0) is 0 Å². The van der Waals surface area contributed by atoms with Crippen LogP contribution in [0.2, 0.25) is 5.02 Å². The molecule has 4 heteroatoms. The van der Waals surface area contributed by atoms with Gasteiger partial charge in [0.1, 0.15) is 0 Å². The summed E-state index contributed by atoms with van der Waals surface area (Å²) in [5, 5.41) is 0.725. The number of pyridine rings is 1. The number of imidazole rings is 1. The highest BCUT2D eigenvalue weighted by atomic mass is 35.5. The van der Waals surface area contributed by atoms with E-state index < -0.39 is 0 Å². The van der Waals surface area contributed by atoms with E-state index in [0.717, 1.165) is 22.9 Å². The molecule has 3 rings (SSSR count). The predicted octanol–water partition coefficient (Wildman–Crippen LogP) is 3.53. The molecule has 18 heavy (non-hydrogen) atoms. The number of hydrogen-bond acceptors (Lipinski definition) is 2. The highest BCUT2D eigenvalue weighted by Crippen LogP contribution is 2.30. The third-order valence-electron chi connectivity index (χ3n) is 3.82. The standard InChI is InChI=1S/C14H18ClN3/c1-2-17-8-4-3-7-13(17)12-10-18-9-5-6-11(15)14(18)16-12/h5-6,9-10,13H,2-4,7-8H2,1H3. The van der Waals surface area contributed by atoms with Crippen LogP contribution in [0.15, 0.2) is 24.5 Å². The molecule has 1 fully saturated rings. The van der Waals surface area contributed by atoms with Crippen LogP contribution < -0.4 is 0 Å². The number of rotatable bonds is 2. The minimum atomic E-state index is 0.458. The number of likely N-dealkylation sites (tertiary alicyclic amines) is 1. The van der Waals surface area contributed by atoms with Crippen molar-refractivity contribution in [3.63, 3.8) is 0 Å². The minimum Gasteiger partial charge on any atom is -0.306 e. The lowest BCUT2D eigenvalue weighted by molar-refractivity contribution is 0.154. The van der Waals surface area contributed by atoms with Gasteiger partial charge in [0.05, 0.1) is 16.8 Å². The Labute approximate surface area is 112 Å². The van der Waals surface area contributed by atoms with Gasteiger partial charge in [0.2, 0.25) is 0 Å². The largest absolute Gasteiger partial charge is 0.306 e. The van der Waals surface area contributed by atoms with Crippen molar-refractivity contribution in [1.29, 1.82) is 0 Å². The van der Waals surface area contributed by atoms with Gasteiger partial charge in [-0.25, -0.2) is 4.98 Å². The Morgan fingerprint density at radius 2 is 2.33 bits per heavy atom. The second-order valence-electron chi connectivity index (χ2n) is 4.89. The molecule has 1 unspecified atom stereocenters. The first-order valence-electron chi connectivity index (χ1n) is 6.66. The van der Waals surface area contributed by atoms with E-state index in [0.29, 0.717) is 6.04 Å². The lowest BCUT2D eigenvalue weighted by atomic mass is 10.00. The summed E-state index contributed by atoms with van der Waals surface area (Å²) in [4.78, 5) is 7.24. The van der Waals surface area contributed by atoms with Gasteiger partial charge in [-0.15, -0.1) is 0 Å². The SMILES string of the molecule is CCN1CCCCC1c1cn2cccc(Cl)c2n1. The van der Waals surface area contributed by atoms with Gasteiger partial charge in [-0.2, -0.15) is 0 Å². The molecule has 0 aliphatic carbocycles. The number of hydrogen-bond donors (Lipinski definition) is 0. The number of fused-ring (bicyclic) bond motifs is 1. The number of nitrogens with zero attached hydrogens (tertiary/aromatic N) is 3. The molecule has 1 saturated heterocycles. The first-order valence-corrected chi connectivity index (χ1v) is 7.04. The molecular weight excluding hydrogens is 246 g/mol. The molecule has 0 N–H and O–H groups in total. The normalized spacial score (nSPS) is 21.6. The summed E-state index contributed by atoms with van der Waals surface area (Å²) < 4.78 is 2.03. The van der Waals surface area contributed by atoms with Crippen LogP contribution in [0.1, 0.15) is 37.9 Å². The maximum Gasteiger partial charge on any atom is 0.155 e. The molecule has 0 amide bonds. The summed E-state index contributed by atoms with van der Waals surface area (Å²) in [5.41, 5.74) is 2.03. The predicted molar refractivity (Wildman–Crippen MR) is 74.0 cm³/mol. The van der Waals surface area contributed by atoms with Crippen molar-refractivity contribution in [3.8, 4) is 0 Å². The Morgan fingerprint density at radius 3 is 3.11 bits per heavy atom. The zero-order valence-corrected chi connectivity index (χ0v) is 11.4. The number of aromatic nitrogens is 2. The first-order chi connectivity index (χ1) is 8.79. The van der Waals surface area contributed by atoms with Gasteiger partial charge in [-0.3, -0.25) is 4.90 Å². The maximum atomic E-state index is 6.18. The molecule has 0 bridgehead atoms. The summed E-state index contributed by atoms with van der Waals surface area (Å²) >= 11 is 6.18. The second kappa shape index (κ2) is 4.90. The molecule has 2 aromatic rings. The van der Waals surface area contributed by atoms with Crippen molar-refractivity contribution in [2.45, 2.75) is 32.2 Å². The molecule has 96 valence electrons. The first kappa shape index (κ1) is 12.0. The van der Waals surface area contributed by atoms with Crippen LogP contribution in [0.4, 0.5) is 0 Å². The smallest absolute Gasteiger partial charge is 0.155 e. The van der Waals surface area contributed by atoms with E-state index in [1.54, 1.807) is 0 Å². The molecule has 0 radical (unpaired) electrons. The van der Waals surface area contributed by atoms with Crippen LogP contribution in [0, 0.1) is 0 Å². The topological polar surface area (TPSA) is 20.5 Å². The fourth-order valence-corrected chi connectivity index (χ4v) is 3.08. The van der Waals surface area contributed by atoms with Crippen molar-refractivity contribution in [3.05, 3.63) is 35.2 Å². The quantitative estimate of drug-likeness (QED) is 0.826. The molecule has 2 aromatic heterocycles. The molecule has 1 atom stereocenters. The number of piperidine rings is 1. The Bertz CT molecular complexity index is 549. The van der Waals surface area contributed by atoms with Crippen LogP contribution >= 0.6 is 11.6 Å². The summed E-state index contributed by atoms with van der Waals surface area (Å²) in [7, 11) is 0. The molecule has 0 saturated carbocycles. The fraction of sp³-hybridized carbons (Fsp3) is 0.500. The van der Waals surface area contributed by atoms with E-state index >= 15 is 0 Å². The van der Waals surface area contributed by atoms with Crippen molar-refractivity contribution in [1.82, 2.24) is 14.3 Å². The van der Waals surface area contributed by atoms with Crippen molar-refractivity contribution >= 4 is 17.2 Å². The number of halogens is 1. The van der Waals surface area contributed by atoms with E-state index in [1.165, 1.54) is 25.8 Å². The monoisotopic (exact) mass is 263 g/mol. The average molecular weight is 264 g/mol. The van der Waals surface area contributed by atoms with Crippen LogP contribution in [-0.4, -0.2) is 27.4 Å². The van der Waals surface area contributed by atoms with E-state index in [2.05, 4.69) is 18.0 Å². The van der Waals surface area contributed by atoms with Crippen molar-refractivity contribution in [2.24, 2.45) is 0 Å². The maximum absolute atomic E-state index is 6.18. The molecular formula is C14H18ClN3. The highest BCUT2D eigenvalue weighted by molar-refractivity contribution is 6.33. The Morgan fingerprint density at radius 1 is 1.44 bits per heavy atom. The third kappa shape index (κ3) is 2.02. The fourth-order valence-electron chi connectivity index (χ4n) is 2.86. The van der Waals surface area contributed by atoms with Crippen molar-refractivity contribution in [2.75, 3.05) is 13.1 Å². The van der Waals surface area contributed by atoms with E-state index in [1.807, 2.05) is 22.7 Å². The molecule has 1 aliphatic heterocycles. The lowest BCUT2D eigenvalue weighted by Crippen LogP contribution is -2.33. The molecule has 1 aliphatic rings. The lowest BCUT2D eigenvalue weighted by Gasteiger charge is -2.33. The minimum absolute atomic E-state index is 0.458. The average Bonchev–Trinajstić information content (AvgIpc) is 2.84. The Kier molecular flexibility index (Phi) is 3.27. The summed E-state index contributed by atoms with van der Waals surface area (Å²) in [6.07, 6.45) is 7.94. The van der Waals surface area contributed by atoms with Gasteiger partial charge in [0.25, 0.3) is 0 Å². The van der Waals surface area contributed by atoms with Crippen molar-refractivity contribution < 1.29 is 0 Å². The van der Waals surface area contributed by atoms with Gasteiger partial charge in [-0.05, 0) is 38.1 Å². The van der Waals surface area contributed by atoms with E-state index in [9.17, 15) is 0 Å². The Hall–Kier alpha value is -1.06. The summed E-state index contributed by atoms with van der Waals surface area (Å²) in [6.45, 7) is 4.50. The molecule has 3 nitrogen and oxygen atoms in total. The van der Waals surface area contributed by atoms with Gasteiger partial charge in [0.15, 0.2) is 5.65 Å². The zero-order chi connectivity index (χ0) is 12.5. The third-order valence-corrected chi connectivity index (χ3v) is 4.11. The zero-order valence-electron chi connectivity index (χ0n) is 10.6. The van der Waals surface area contributed by atoms with Gasteiger partial charge in [0, 0.05) is 12.4 Å². The van der Waals surface area contributed by atoms with Gasteiger partial charge in [-0.1, -0.05) is 24.9 Å². The van der Waals surface area contributed by atoms with E-state index in [-0.39, 0.29) is 0 Å².